The second-order valence-corrected chi connectivity index (χ2v) is 3.71. The molecule has 0 aliphatic heterocycles. The van der Waals surface area contributed by atoms with Crippen molar-refractivity contribution in [2.24, 2.45) is 34.8 Å². The molecule has 0 amide bonds. The molecule has 0 N–H and O–H groups in total. The zero-order valence-corrected chi connectivity index (χ0v) is 4.24. The van der Waals surface area contributed by atoms with E-state index in [0.717, 1.165) is 29.6 Å². The van der Waals surface area contributed by atoms with E-state index in [1.54, 1.807) is 0 Å². The zero-order valence-electron chi connectivity index (χ0n) is 4.24. The molecule has 5 fully saturated rings. The van der Waals surface area contributed by atoms with Gasteiger partial charge in [0, 0.05) is 0 Å². The van der Waals surface area contributed by atoms with Crippen LogP contribution in [-0.4, -0.2) is 5.54 Å². The normalized spacial score (nSPS) is 92.8. The zero-order chi connectivity index (χ0) is 5.09. The predicted octanol–water partition coefficient (Wildman–Crippen LogP) is 0.627. The Morgan fingerprint density at radius 2 is 1.75 bits per heavy atom. The summed E-state index contributed by atoms with van der Waals surface area (Å²) >= 11 is 0. The van der Waals surface area contributed by atoms with Gasteiger partial charge in [-0.3, -0.25) is 0 Å². The molecule has 0 spiro atoms. The van der Waals surface area contributed by atoms with Crippen LogP contribution in [-0.2, 0) is 0 Å². The molecule has 8 heavy (non-hydrogen) atoms. The molecule has 40 valence electrons. The SMILES string of the molecule is O=NC12C3C4C3C1C42. The lowest BCUT2D eigenvalue weighted by Gasteiger charge is -2.16. The lowest BCUT2D eigenvalue weighted by atomic mass is 9.92. The fourth-order valence-corrected chi connectivity index (χ4v) is 3.69. The maximum Gasteiger partial charge on any atom is 0.113 e. The number of rotatable bonds is 1. The average molecular weight is 107 g/mol. The highest BCUT2D eigenvalue weighted by atomic mass is 16.3. The van der Waals surface area contributed by atoms with Crippen molar-refractivity contribution in [3.63, 3.8) is 0 Å². The van der Waals surface area contributed by atoms with Crippen LogP contribution in [0.25, 0.3) is 0 Å². The Balaban J connectivity index is 2.03. The summed E-state index contributed by atoms with van der Waals surface area (Å²) in [4.78, 5) is 10.2. The van der Waals surface area contributed by atoms with Crippen LogP contribution in [0, 0.1) is 34.5 Å². The molecule has 0 bridgehead atoms. The smallest absolute Gasteiger partial charge is 0.113 e. The van der Waals surface area contributed by atoms with Gasteiger partial charge in [-0.2, -0.15) is 4.91 Å². The topological polar surface area (TPSA) is 29.4 Å². The minimum atomic E-state index is 0.0926. The van der Waals surface area contributed by atoms with Crippen LogP contribution in [0.5, 0.6) is 0 Å². The minimum absolute atomic E-state index is 0.0926. The van der Waals surface area contributed by atoms with Gasteiger partial charge in [0.25, 0.3) is 0 Å². The monoisotopic (exact) mass is 107 g/mol. The molecule has 0 aromatic rings. The first-order valence-corrected chi connectivity index (χ1v) is 3.27. The van der Waals surface area contributed by atoms with Crippen molar-refractivity contribution in [3.8, 4) is 0 Å². The molecule has 4 atom stereocenters. The van der Waals surface area contributed by atoms with E-state index in [-0.39, 0.29) is 5.54 Å². The summed E-state index contributed by atoms with van der Waals surface area (Å²) in [6, 6.07) is 0. The minimum Gasteiger partial charge on any atom is -0.150 e. The van der Waals surface area contributed by atoms with Gasteiger partial charge in [0.05, 0.1) is 0 Å². The van der Waals surface area contributed by atoms with E-state index in [1.165, 1.54) is 0 Å². The molecular weight excluding hydrogens is 102 g/mol. The van der Waals surface area contributed by atoms with Crippen LogP contribution in [0.3, 0.4) is 0 Å². The lowest BCUT2D eigenvalue weighted by molar-refractivity contribution is 0.354. The Bertz CT molecular complexity index is 195. The van der Waals surface area contributed by atoms with Crippen LogP contribution in [0.4, 0.5) is 0 Å². The van der Waals surface area contributed by atoms with Gasteiger partial charge in [0.1, 0.15) is 5.54 Å². The molecule has 0 heterocycles. The van der Waals surface area contributed by atoms with E-state index in [0.29, 0.717) is 0 Å². The Labute approximate surface area is 46.2 Å². The van der Waals surface area contributed by atoms with Gasteiger partial charge < -0.3 is 0 Å². The van der Waals surface area contributed by atoms with Crippen molar-refractivity contribution in [2.75, 3.05) is 0 Å². The van der Waals surface area contributed by atoms with Crippen molar-refractivity contribution < 1.29 is 0 Å². The molecule has 4 unspecified atom stereocenters. The standard InChI is InChI=1S/C6H5NO/c8-7-6-3-1-2(3)5(6)4(1)6/h1-5H. The third-order valence-electron chi connectivity index (χ3n) is 4.00. The highest BCUT2D eigenvalue weighted by Crippen LogP contribution is 3.03. The Morgan fingerprint density at radius 1 is 1.12 bits per heavy atom. The molecule has 5 aliphatic carbocycles. The van der Waals surface area contributed by atoms with Crippen molar-refractivity contribution in [1.82, 2.24) is 0 Å². The molecule has 5 saturated carbocycles. The largest absolute Gasteiger partial charge is 0.150 e. The van der Waals surface area contributed by atoms with Crippen molar-refractivity contribution in [3.05, 3.63) is 4.91 Å². The third kappa shape index (κ3) is 0.0719. The second-order valence-electron chi connectivity index (χ2n) is 3.71. The first-order valence-electron chi connectivity index (χ1n) is 3.27. The number of nitroso groups, excluding NO2 is 1. The fraction of sp³-hybridized carbons (Fsp3) is 1.00. The van der Waals surface area contributed by atoms with E-state index in [9.17, 15) is 4.91 Å². The van der Waals surface area contributed by atoms with Crippen LogP contribution in [0.2, 0.25) is 0 Å². The Hall–Kier alpha value is -0.400. The Kier molecular flexibility index (Phi) is 0.163. The van der Waals surface area contributed by atoms with Gasteiger partial charge in [0.2, 0.25) is 0 Å². The highest BCUT2D eigenvalue weighted by Gasteiger charge is 3.08. The summed E-state index contributed by atoms with van der Waals surface area (Å²) in [5, 5.41) is 3.20. The van der Waals surface area contributed by atoms with Crippen LogP contribution < -0.4 is 0 Å². The summed E-state index contributed by atoms with van der Waals surface area (Å²) < 4.78 is 0. The van der Waals surface area contributed by atoms with Crippen LogP contribution in [0.15, 0.2) is 5.18 Å². The molecule has 0 aromatic carbocycles. The molecule has 2 heteroatoms. The van der Waals surface area contributed by atoms with Gasteiger partial charge in [-0.1, -0.05) is 5.18 Å². The first-order chi connectivity index (χ1) is 3.93. The number of nitrogens with zero attached hydrogens (tertiary/aromatic N) is 1. The average Bonchev–Trinajstić information content (AvgIpc) is 2.12. The predicted molar refractivity (Wildman–Crippen MR) is 26.0 cm³/mol. The second kappa shape index (κ2) is 0.444. The van der Waals surface area contributed by atoms with Crippen molar-refractivity contribution in [1.29, 1.82) is 0 Å². The van der Waals surface area contributed by atoms with Crippen molar-refractivity contribution >= 4 is 0 Å². The summed E-state index contributed by atoms with van der Waals surface area (Å²) in [6.45, 7) is 0. The molecule has 0 aromatic heterocycles. The summed E-state index contributed by atoms with van der Waals surface area (Å²) in [6.07, 6.45) is 0. The third-order valence-corrected chi connectivity index (χ3v) is 4.00. The fourth-order valence-electron chi connectivity index (χ4n) is 3.69. The van der Waals surface area contributed by atoms with Crippen LogP contribution >= 0.6 is 0 Å². The molecule has 2 nitrogen and oxygen atoms in total. The van der Waals surface area contributed by atoms with Crippen LogP contribution in [0.1, 0.15) is 0 Å². The van der Waals surface area contributed by atoms with Gasteiger partial charge in [-0.15, -0.1) is 0 Å². The lowest BCUT2D eigenvalue weighted by Crippen LogP contribution is -2.26. The van der Waals surface area contributed by atoms with E-state index in [2.05, 4.69) is 5.18 Å². The van der Waals surface area contributed by atoms with Gasteiger partial charge in [-0.25, -0.2) is 0 Å². The molecule has 0 saturated heterocycles. The Morgan fingerprint density at radius 3 is 2.00 bits per heavy atom. The summed E-state index contributed by atoms with van der Waals surface area (Å²) in [7, 11) is 0. The number of hydrogen-bond acceptors (Lipinski definition) is 2. The maximum atomic E-state index is 10.2. The van der Waals surface area contributed by atoms with E-state index in [4.69, 9.17) is 0 Å². The van der Waals surface area contributed by atoms with E-state index in [1.807, 2.05) is 0 Å². The van der Waals surface area contributed by atoms with Crippen molar-refractivity contribution in [2.45, 2.75) is 5.54 Å². The molecule has 5 rings (SSSR count). The molecule has 0 radical (unpaired) electrons. The maximum absolute atomic E-state index is 10.2. The first kappa shape index (κ1) is 2.95. The quantitative estimate of drug-likeness (QED) is 0.452. The van der Waals surface area contributed by atoms with Gasteiger partial charge >= 0.3 is 0 Å². The van der Waals surface area contributed by atoms with Gasteiger partial charge in [-0.05, 0) is 29.6 Å². The molecule has 5 aliphatic rings. The summed E-state index contributed by atoms with van der Waals surface area (Å²) in [5.74, 6) is 4.47. The highest BCUT2D eigenvalue weighted by molar-refractivity contribution is 5.56. The summed E-state index contributed by atoms with van der Waals surface area (Å²) in [5.41, 5.74) is 0.0926. The number of hydrogen-bond donors (Lipinski definition) is 0. The van der Waals surface area contributed by atoms with E-state index >= 15 is 0 Å². The van der Waals surface area contributed by atoms with Gasteiger partial charge in [0.15, 0.2) is 0 Å². The van der Waals surface area contributed by atoms with E-state index < -0.39 is 0 Å². The molecular formula is C6H5NO.